The monoisotopic (exact) mass is 368 g/mol. The number of carbonyl (C=O) groups is 3. The van der Waals surface area contributed by atoms with Crippen LogP contribution in [0.25, 0.3) is 23.1 Å². The van der Waals surface area contributed by atoms with Gasteiger partial charge in [-0.2, -0.15) is 0 Å². The molecule has 1 aliphatic heterocycles. The van der Waals surface area contributed by atoms with Crippen LogP contribution in [-0.4, -0.2) is 23.1 Å². The molecule has 2 fully saturated rings. The van der Waals surface area contributed by atoms with E-state index in [0.29, 0.717) is 16.5 Å². The molecule has 1 saturated heterocycles. The van der Waals surface area contributed by atoms with Crippen molar-refractivity contribution in [2.45, 2.75) is 25.3 Å². The molecule has 0 spiro atoms. The Hall–Kier alpha value is -2.80. The zero-order valence-corrected chi connectivity index (χ0v) is 14.6. The molecule has 1 aromatic carbocycles. The van der Waals surface area contributed by atoms with Crippen LogP contribution in [0.4, 0.5) is 4.79 Å². The largest absolute Gasteiger partial charge is 0.464 e. The minimum Gasteiger partial charge on any atom is -0.464 e. The average molecular weight is 368 g/mol. The lowest BCUT2D eigenvalue weighted by atomic mass is 9.93. The molecule has 6 nitrogen and oxygen atoms in total. The van der Waals surface area contributed by atoms with E-state index in [1.54, 1.807) is 24.5 Å². The van der Waals surface area contributed by atoms with E-state index in [0.717, 1.165) is 41.1 Å². The highest BCUT2D eigenvalue weighted by Gasteiger charge is 2.25. The van der Waals surface area contributed by atoms with E-state index >= 15 is 0 Å². The molecular formula is C19H16N2O4S. The molecule has 7 heteroatoms. The second-order valence-corrected chi connectivity index (χ2v) is 7.28. The number of rotatable bonds is 4. The van der Waals surface area contributed by atoms with Crippen molar-refractivity contribution >= 4 is 51.9 Å². The second-order valence-electron chi connectivity index (χ2n) is 6.27. The third-order valence-corrected chi connectivity index (χ3v) is 5.24. The molecule has 132 valence electrons. The minimum absolute atomic E-state index is 0.111. The van der Waals surface area contributed by atoms with Crippen LogP contribution < -0.4 is 10.6 Å². The highest BCUT2D eigenvalue weighted by atomic mass is 32.2. The molecule has 0 unspecified atom stereocenters. The van der Waals surface area contributed by atoms with Crippen LogP contribution in [0.2, 0.25) is 0 Å². The first-order chi connectivity index (χ1) is 12.6. The SMILES string of the molecule is O=C(C=Cc1coc2ccc(C=C3SC(=O)NC3=O)cc12)NC1CCC1. The van der Waals surface area contributed by atoms with E-state index in [4.69, 9.17) is 4.42 Å². The fourth-order valence-electron chi connectivity index (χ4n) is 2.83. The summed E-state index contributed by atoms with van der Waals surface area (Å²) in [4.78, 5) is 35.2. The standard InChI is InChI=1S/C19H16N2O4S/c22-17(20-13-2-1-3-13)7-5-12-10-25-15-6-4-11(8-14(12)15)9-16-18(23)21-19(24)26-16/h4-10,13H,1-3H2,(H,20,22)(H,21,23,24). The Morgan fingerprint density at radius 1 is 1.31 bits per heavy atom. The molecule has 2 N–H and O–H groups in total. The van der Waals surface area contributed by atoms with Crippen LogP contribution in [0.5, 0.6) is 0 Å². The number of benzene rings is 1. The minimum atomic E-state index is -0.389. The van der Waals surface area contributed by atoms with Crippen molar-refractivity contribution in [3.8, 4) is 0 Å². The zero-order chi connectivity index (χ0) is 18.1. The van der Waals surface area contributed by atoms with Gasteiger partial charge in [-0.25, -0.2) is 0 Å². The smallest absolute Gasteiger partial charge is 0.290 e. The normalized spacial score (nSPS) is 19.3. The summed E-state index contributed by atoms with van der Waals surface area (Å²) < 4.78 is 5.52. The molecule has 2 heterocycles. The maximum Gasteiger partial charge on any atom is 0.290 e. The van der Waals surface area contributed by atoms with Crippen LogP contribution in [0.3, 0.4) is 0 Å². The van der Waals surface area contributed by atoms with E-state index in [-0.39, 0.29) is 17.1 Å². The summed E-state index contributed by atoms with van der Waals surface area (Å²) in [5, 5.41) is 5.65. The van der Waals surface area contributed by atoms with Crippen LogP contribution in [0, 0.1) is 0 Å². The summed E-state index contributed by atoms with van der Waals surface area (Å²) in [6.45, 7) is 0. The lowest BCUT2D eigenvalue weighted by Crippen LogP contribution is -2.38. The predicted molar refractivity (Wildman–Crippen MR) is 100 cm³/mol. The summed E-state index contributed by atoms with van der Waals surface area (Å²) >= 11 is 0.879. The van der Waals surface area contributed by atoms with Gasteiger partial charge in [0.15, 0.2) is 0 Å². The maximum absolute atomic E-state index is 11.9. The number of carbonyl (C=O) groups excluding carboxylic acids is 3. The summed E-state index contributed by atoms with van der Waals surface area (Å²) in [5.74, 6) is -0.500. The fraction of sp³-hybridized carbons (Fsp3) is 0.211. The van der Waals surface area contributed by atoms with Crippen LogP contribution in [-0.2, 0) is 9.59 Å². The number of thioether (sulfide) groups is 1. The molecular weight excluding hydrogens is 352 g/mol. The molecule has 2 aliphatic rings. The highest BCUT2D eigenvalue weighted by molar-refractivity contribution is 8.18. The molecule has 0 radical (unpaired) electrons. The first kappa shape index (κ1) is 16.7. The van der Waals surface area contributed by atoms with Gasteiger partial charge in [-0.15, -0.1) is 0 Å². The Kier molecular flexibility index (Phi) is 4.38. The molecule has 26 heavy (non-hydrogen) atoms. The van der Waals surface area contributed by atoms with E-state index in [9.17, 15) is 14.4 Å². The van der Waals surface area contributed by atoms with Gasteiger partial charge in [0.2, 0.25) is 5.91 Å². The summed E-state index contributed by atoms with van der Waals surface area (Å²) in [6, 6.07) is 5.77. The second kappa shape index (κ2) is 6.84. The third-order valence-electron chi connectivity index (χ3n) is 4.43. The first-order valence-electron chi connectivity index (χ1n) is 8.33. The molecule has 2 aromatic rings. The van der Waals surface area contributed by atoms with E-state index in [2.05, 4.69) is 10.6 Å². The Bertz CT molecular complexity index is 969. The maximum atomic E-state index is 11.9. The highest BCUT2D eigenvalue weighted by Crippen LogP contribution is 2.28. The molecule has 1 aromatic heterocycles. The van der Waals surface area contributed by atoms with Crippen molar-refractivity contribution in [2.75, 3.05) is 0 Å². The van der Waals surface area contributed by atoms with Gasteiger partial charge < -0.3 is 9.73 Å². The van der Waals surface area contributed by atoms with Crippen LogP contribution in [0.1, 0.15) is 30.4 Å². The van der Waals surface area contributed by atoms with Gasteiger partial charge in [0, 0.05) is 23.1 Å². The van der Waals surface area contributed by atoms with Gasteiger partial charge in [0.1, 0.15) is 5.58 Å². The van der Waals surface area contributed by atoms with Crippen molar-refractivity contribution in [2.24, 2.45) is 0 Å². The number of nitrogens with one attached hydrogen (secondary N) is 2. The fourth-order valence-corrected chi connectivity index (χ4v) is 3.51. The topological polar surface area (TPSA) is 88.4 Å². The molecule has 1 aliphatic carbocycles. The Morgan fingerprint density at radius 3 is 2.85 bits per heavy atom. The Morgan fingerprint density at radius 2 is 2.15 bits per heavy atom. The van der Waals surface area contributed by atoms with Crippen molar-refractivity contribution in [3.05, 3.63) is 46.6 Å². The molecule has 4 rings (SSSR count). The number of hydrogen-bond acceptors (Lipinski definition) is 5. The average Bonchev–Trinajstić information content (AvgIpc) is 3.11. The van der Waals surface area contributed by atoms with Gasteiger partial charge in [-0.1, -0.05) is 6.07 Å². The predicted octanol–water partition coefficient (Wildman–Crippen LogP) is 3.44. The Balaban J connectivity index is 1.56. The van der Waals surface area contributed by atoms with Gasteiger partial charge in [-0.05, 0) is 60.9 Å². The number of imide groups is 1. The summed E-state index contributed by atoms with van der Waals surface area (Å²) in [7, 11) is 0. The summed E-state index contributed by atoms with van der Waals surface area (Å²) in [6.07, 6.45) is 9.73. The number of fused-ring (bicyclic) bond motifs is 1. The van der Waals surface area contributed by atoms with Gasteiger partial charge in [0.05, 0.1) is 11.2 Å². The number of furan rings is 1. The van der Waals surface area contributed by atoms with Crippen LogP contribution >= 0.6 is 11.8 Å². The van der Waals surface area contributed by atoms with Crippen molar-refractivity contribution in [3.63, 3.8) is 0 Å². The van der Waals surface area contributed by atoms with Crippen molar-refractivity contribution in [1.82, 2.24) is 10.6 Å². The lowest BCUT2D eigenvalue weighted by Gasteiger charge is -2.25. The molecule has 0 atom stereocenters. The number of amides is 3. The number of hydrogen-bond donors (Lipinski definition) is 2. The van der Waals surface area contributed by atoms with E-state index < -0.39 is 0 Å². The van der Waals surface area contributed by atoms with Crippen LogP contribution in [0.15, 0.2) is 39.9 Å². The quantitative estimate of drug-likeness (QED) is 0.807. The van der Waals surface area contributed by atoms with Crippen molar-refractivity contribution in [1.29, 1.82) is 0 Å². The third kappa shape index (κ3) is 3.43. The summed E-state index contributed by atoms with van der Waals surface area (Å²) in [5.41, 5.74) is 2.24. The van der Waals surface area contributed by atoms with Gasteiger partial charge in [0.25, 0.3) is 11.1 Å². The Labute approximate surface area is 153 Å². The van der Waals surface area contributed by atoms with Gasteiger partial charge >= 0.3 is 0 Å². The van der Waals surface area contributed by atoms with Gasteiger partial charge in [-0.3, -0.25) is 19.7 Å². The first-order valence-corrected chi connectivity index (χ1v) is 9.15. The van der Waals surface area contributed by atoms with Crippen molar-refractivity contribution < 1.29 is 18.8 Å². The zero-order valence-electron chi connectivity index (χ0n) is 13.8. The molecule has 1 saturated carbocycles. The molecule has 0 bridgehead atoms. The van der Waals surface area contributed by atoms with E-state index in [1.807, 2.05) is 12.1 Å². The molecule has 3 amide bonds. The van der Waals surface area contributed by atoms with E-state index in [1.165, 1.54) is 12.5 Å². The lowest BCUT2D eigenvalue weighted by molar-refractivity contribution is -0.117.